The maximum Gasteiger partial charge on any atom is 0.308 e. The Kier molecular flexibility index (Phi) is 7.69. The molecule has 1 atom stereocenters. The molecule has 2 N–H and O–H groups in total. The first-order valence-electron chi connectivity index (χ1n) is 8.42. The SMILES string of the molecule is COCCOc1cccc(C(=O)NCC(C(=O)O)C2CCOCC2)c1. The molecule has 1 aromatic rings. The Morgan fingerprint density at radius 2 is 2.08 bits per heavy atom. The van der Waals surface area contributed by atoms with Gasteiger partial charge in [-0.05, 0) is 37.0 Å². The molecule has 0 bridgehead atoms. The third kappa shape index (κ3) is 6.03. The van der Waals surface area contributed by atoms with E-state index in [0.717, 1.165) is 0 Å². The second-order valence-electron chi connectivity index (χ2n) is 5.97. The molecule has 7 heteroatoms. The van der Waals surface area contributed by atoms with Crippen molar-refractivity contribution in [2.24, 2.45) is 11.8 Å². The third-order valence-electron chi connectivity index (χ3n) is 4.29. The minimum Gasteiger partial charge on any atom is -0.491 e. The van der Waals surface area contributed by atoms with Gasteiger partial charge in [0.2, 0.25) is 0 Å². The van der Waals surface area contributed by atoms with E-state index in [-0.39, 0.29) is 18.4 Å². The highest BCUT2D eigenvalue weighted by atomic mass is 16.5. The molecule has 1 heterocycles. The van der Waals surface area contributed by atoms with Crippen LogP contribution in [0.4, 0.5) is 0 Å². The summed E-state index contributed by atoms with van der Waals surface area (Å²) in [5.41, 5.74) is 0.436. The maximum atomic E-state index is 12.3. The molecule has 1 aliphatic rings. The van der Waals surface area contributed by atoms with Crippen LogP contribution in [-0.4, -0.2) is 57.1 Å². The fourth-order valence-corrected chi connectivity index (χ4v) is 2.85. The average molecular weight is 351 g/mol. The molecule has 25 heavy (non-hydrogen) atoms. The molecular weight excluding hydrogens is 326 g/mol. The molecule has 0 saturated carbocycles. The predicted molar refractivity (Wildman–Crippen MR) is 90.8 cm³/mol. The van der Waals surface area contributed by atoms with E-state index in [4.69, 9.17) is 14.2 Å². The van der Waals surface area contributed by atoms with Crippen LogP contribution in [0.5, 0.6) is 5.75 Å². The zero-order valence-electron chi connectivity index (χ0n) is 14.4. The van der Waals surface area contributed by atoms with Crippen LogP contribution < -0.4 is 10.1 Å². The Labute approximate surface area is 147 Å². The molecule has 2 rings (SSSR count). The van der Waals surface area contributed by atoms with Crippen LogP contribution in [0.2, 0.25) is 0 Å². The van der Waals surface area contributed by atoms with Crippen molar-refractivity contribution in [2.75, 3.05) is 40.1 Å². The molecule has 7 nitrogen and oxygen atoms in total. The summed E-state index contributed by atoms with van der Waals surface area (Å²) in [6, 6.07) is 6.79. The van der Waals surface area contributed by atoms with Gasteiger partial charge in [-0.1, -0.05) is 6.07 Å². The van der Waals surface area contributed by atoms with E-state index in [1.807, 2.05) is 0 Å². The third-order valence-corrected chi connectivity index (χ3v) is 4.29. The Morgan fingerprint density at radius 3 is 2.76 bits per heavy atom. The van der Waals surface area contributed by atoms with Gasteiger partial charge >= 0.3 is 5.97 Å². The van der Waals surface area contributed by atoms with Gasteiger partial charge in [-0.2, -0.15) is 0 Å². The lowest BCUT2D eigenvalue weighted by Gasteiger charge is -2.27. The van der Waals surface area contributed by atoms with Crippen LogP contribution >= 0.6 is 0 Å². The molecule has 0 spiro atoms. The van der Waals surface area contributed by atoms with E-state index < -0.39 is 11.9 Å². The van der Waals surface area contributed by atoms with Crippen LogP contribution in [0.15, 0.2) is 24.3 Å². The molecule has 1 amide bonds. The quantitative estimate of drug-likeness (QED) is 0.656. The summed E-state index contributed by atoms with van der Waals surface area (Å²) in [4.78, 5) is 23.9. The van der Waals surface area contributed by atoms with E-state index in [9.17, 15) is 14.7 Å². The van der Waals surface area contributed by atoms with Gasteiger partial charge in [0.25, 0.3) is 5.91 Å². The first kappa shape index (κ1) is 19.2. The van der Waals surface area contributed by atoms with Gasteiger partial charge in [0.05, 0.1) is 12.5 Å². The molecule has 0 aliphatic carbocycles. The number of nitrogens with one attached hydrogen (secondary N) is 1. The van der Waals surface area contributed by atoms with Gasteiger partial charge in [-0.25, -0.2) is 0 Å². The minimum atomic E-state index is -0.885. The Bertz CT molecular complexity index is 570. The zero-order chi connectivity index (χ0) is 18.1. The lowest BCUT2D eigenvalue weighted by atomic mass is 9.86. The van der Waals surface area contributed by atoms with Crippen LogP contribution in [0.3, 0.4) is 0 Å². The summed E-state index contributed by atoms with van der Waals surface area (Å²) in [6.07, 6.45) is 1.41. The molecule has 1 aliphatic heterocycles. The van der Waals surface area contributed by atoms with E-state index in [2.05, 4.69) is 5.32 Å². The molecule has 0 aromatic heterocycles. The predicted octanol–water partition coefficient (Wildman–Crippen LogP) is 1.57. The van der Waals surface area contributed by atoms with Crippen LogP contribution in [0.25, 0.3) is 0 Å². The van der Waals surface area contributed by atoms with Gasteiger partial charge in [0.15, 0.2) is 0 Å². The Balaban J connectivity index is 1.91. The second kappa shape index (κ2) is 10.0. The van der Waals surface area contributed by atoms with Crippen LogP contribution in [0, 0.1) is 11.8 Å². The smallest absolute Gasteiger partial charge is 0.308 e. The monoisotopic (exact) mass is 351 g/mol. The van der Waals surface area contributed by atoms with E-state index in [0.29, 0.717) is 50.6 Å². The molecule has 1 unspecified atom stereocenters. The van der Waals surface area contributed by atoms with Crippen molar-refractivity contribution in [3.05, 3.63) is 29.8 Å². The highest BCUT2D eigenvalue weighted by Crippen LogP contribution is 2.24. The summed E-state index contributed by atoms with van der Waals surface area (Å²) >= 11 is 0. The van der Waals surface area contributed by atoms with Gasteiger partial charge in [-0.3, -0.25) is 9.59 Å². The fraction of sp³-hybridized carbons (Fsp3) is 0.556. The highest BCUT2D eigenvalue weighted by molar-refractivity contribution is 5.94. The molecule has 138 valence electrons. The number of hydrogen-bond acceptors (Lipinski definition) is 5. The Hall–Kier alpha value is -2.12. The van der Waals surface area contributed by atoms with E-state index in [1.54, 1.807) is 31.4 Å². The number of hydrogen-bond donors (Lipinski definition) is 2. The van der Waals surface area contributed by atoms with Gasteiger partial charge in [0, 0.05) is 32.4 Å². The van der Waals surface area contributed by atoms with Crippen molar-refractivity contribution in [1.82, 2.24) is 5.32 Å². The summed E-state index contributed by atoms with van der Waals surface area (Å²) in [5.74, 6) is -1.20. The topological polar surface area (TPSA) is 94.1 Å². The molecule has 0 radical (unpaired) electrons. The average Bonchev–Trinajstić information content (AvgIpc) is 2.63. The van der Waals surface area contributed by atoms with Gasteiger partial charge < -0.3 is 24.6 Å². The van der Waals surface area contributed by atoms with Gasteiger partial charge in [0.1, 0.15) is 12.4 Å². The number of carboxylic acids is 1. The van der Waals surface area contributed by atoms with Gasteiger partial charge in [-0.15, -0.1) is 0 Å². The number of aliphatic carboxylic acids is 1. The van der Waals surface area contributed by atoms with Crippen molar-refractivity contribution < 1.29 is 28.9 Å². The highest BCUT2D eigenvalue weighted by Gasteiger charge is 2.30. The number of carbonyl (C=O) groups excluding carboxylic acids is 1. The van der Waals surface area contributed by atoms with E-state index in [1.165, 1.54) is 0 Å². The van der Waals surface area contributed by atoms with Crippen molar-refractivity contribution in [2.45, 2.75) is 12.8 Å². The minimum absolute atomic E-state index is 0.0234. The van der Waals surface area contributed by atoms with Crippen molar-refractivity contribution in [3.8, 4) is 5.75 Å². The summed E-state index contributed by atoms with van der Waals surface area (Å²) in [7, 11) is 1.59. The lowest BCUT2D eigenvalue weighted by molar-refractivity contribution is -0.144. The molecule has 1 fully saturated rings. The maximum absolute atomic E-state index is 12.3. The number of benzene rings is 1. The molecular formula is C18H25NO6. The summed E-state index contributed by atoms with van der Waals surface area (Å²) < 4.78 is 15.7. The zero-order valence-corrected chi connectivity index (χ0v) is 14.4. The number of carboxylic acid groups (broad SMARTS) is 1. The first-order chi connectivity index (χ1) is 12.1. The standard InChI is InChI=1S/C18H25NO6/c1-23-9-10-25-15-4-2-3-14(11-15)17(20)19-12-16(18(21)22)13-5-7-24-8-6-13/h2-4,11,13,16H,5-10,12H2,1H3,(H,19,20)(H,21,22). The number of ether oxygens (including phenoxy) is 3. The fourth-order valence-electron chi connectivity index (χ4n) is 2.85. The molecule has 1 aromatic carbocycles. The first-order valence-corrected chi connectivity index (χ1v) is 8.42. The van der Waals surface area contributed by atoms with E-state index >= 15 is 0 Å². The number of rotatable bonds is 9. The number of methoxy groups -OCH3 is 1. The lowest BCUT2D eigenvalue weighted by Crippen LogP contribution is -2.39. The largest absolute Gasteiger partial charge is 0.491 e. The molecule has 1 saturated heterocycles. The summed E-state index contributed by atoms with van der Waals surface area (Å²) in [5, 5.41) is 12.2. The van der Waals surface area contributed by atoms with Crippen molar-refractivity contribution >= 4 is 11.9 Å². The number of carbonyl (C=O) groups is 2. The Morgan fingerprint density at radius 1 is 1.32 bits per heavy atom. The normalized spacial score (nSPS) is 16.2. The van der Waals surface area contributed by atoms with Crippen LogP contribution in [-0.2, 0) is 14.3 Å². The second-order valence-corrected chi connectivity index (χ2v) is 5.97. The number of amides is 1. The van der Waals surface area contributed by atoms with Crippen molar-refractivity contribution in [1.29, 1.82) is 0 Å². The summed E-state index contributed by atoms with van der Waals surface area (Å²) in [6.45, 7) is 2.11. The van der Waals surface area contributed by atoms with Crippen molar-refractivity contribution in [3.63, 3.8) is 0 Å². The van der Waals surface area contributed by atoms with Crippen LogP contribution in [0.1, 0.15) is 23.2 Å².